The highest BCUT2D eigenvalue weighted by atomic mass is 35.5. The summed E-state index contributed by atoms with van der Waals surface area (Å²) in [6, 6.07) is 5.56. The van der Waals surface area contributed by atoms with Gasteiger partial charge in [0.2, 0.25) is 0 Å². The van der Waals surface area contributed by atoms with Crippen LogP contribution in [-0.4, -0.2) is 16.6 Å². The van der Waals surface area contributed by atoms with Gasteiger partial charge in [0.05, 0.1) is 15.2 Å². The second-order valence-corrected chi connectivity index (χ2v) is 4.67. The van der Waals surface area contributed by atoms with Gasteiger partial charge in [-0.05, 0) is 25.1 Å². The second kappa shape index (κ2) is 4.45. The van der Waals surface area contributed by atoms with Gasteiger partial charge in [-0.1, -0.05) is 17.7 Å². The summed E-state index contributed by atoms with van der Waals surface area (Å²) in [6.45, 7) is 0.449. The molecule has 2 rings (SSSR count). The van der Waals surface area contributed by atoms with Crippen molar-refractivity contribution in [2.75, 3.05) is 6.54 Å². The summed E-state index contributed by atoms with van der Waals surface area (Å²) in [5.74, 6) is 0. The van der Waals surface area contributed by atoms with Crippen molar-refractivity contribution < 1.29 is 5.11 Å². The maximum absolute atomic E-state index is 9.74. The van der Waals surface area contributed by atoms with Crippen molar-refractivity contribution in [2.45, 2.75) is 12.5 Å². The highest BCUT2D eigenvalue weighted by Crippen LogP contribution is 2.32. The first-order chi connectivity index (χ1) is 7.22. The summed E-state index contributed by atoms with van der Waals surface area (Å²) < 4.78 is 0.922. The molecule has 0 saturated heterocycles. The Kier molecular flexibility index (Phi) is 3.21. The minimum Gasteiger partial charge on any atom is -0.386 e. The molecule has 0 bridgehead atoms. The van der Waals surface area contributed by atoms with Crippen LogP contribution in [0.4, 0.5) is 0 Å². The van der Waals surface area contributed by atoms with Crippen LogP contribution in [0.15, 0.2) is 18.2 Å². The van der Waals surface area contributed by atoms with Crippen LogP contribution in [0, 0.1) is 0 Å². The van der Waals surface area contributed by atoms with Gasteiger partial charge in [-0.2, -0.15) is 0 Å². The average molecular weight is 243 g/mol. The Morgan fingerprint density at radius 2 is 2.33 bits per heavy atom. The molecule has 0 radical (unpaired) electrons. The molecule has 1 atom stereocenters. The van der Waals surface area contributed by atoms with E-state index in [1.165, 1.54) is 11.3 Å². The maximum Gasteiger partial charge on any atom is 0.123 e. The van der Waals surface area contributed by atoms with Gasteiger partial charge in [0, 0.05) is 0 Å². The van der Waals surface area contributed by atoms with Crippen LogP contribution in [0.3, 0.4) is 0 Å². The molecular formula is C10H11ClN2OS. The molecule has 0 amide bonds. The quantitative estimate of drug-likeness (QED) is 0.869. The Balaban J connectivity index is 2.43. The van der Waals surface area contributed by atoms with E-state index in [0.717, 1.165) is 10.2 Å². The van der Waals surface area contributed by atoms with Gasteiger partial charge < -0.3 is 10.8 Å². The monoisotopic (exact) mass is 242 g/mol. The number of halogens is 1. The van der Waals surface area contributed by atoms with E-state index in [4.69, 9.17) is 17.3 Å². The Hall–Kier alpha value is -0.680. The van der Waals surface area contributed by atoms with E-state index in [9.17, 15) is 5.11 Å². The maximum atomic E-state index is 9.74. The number of aliphatic hydroxyl groups is 1. The first kappa shape index (κ1) is 10.8. The molecule has 1 aromatic heterocycles. The molecule has 0 spiro atoms. The molecule has 3 N–H and O–H groups in total. The summed E-state index contributed by atoms with van der Waals surface area (Å²) >= 11 is 7.44. The predicted molar refractivity (Wildman–Crippen MR) is 63.3 cm³/mol. The fraction of sp³-hybridized carbons (Fsp3) is 0.300. The first-order valence-corrected chi connectivity index (χ1v) is 5.85. The van der Waals surface area contributed by atoms with Crippen LogP contribution in [0.2, 0.25) is 5.02 Å². The Bertz CT molecular complexity index is 471. The lowest BCUT2D eigenvalue weighted by Crippen LogP contribution is -2.06. The number of rotatable bonds is 3. The minimum absolute atomic E-state index is 0.449. The molecule has 3 nitrogen and oxygen atoms in total. The standard InChI is InChI=1S/C10H11ClN2OS/c11-6-2-1-3-7-9(6)15-10(13-7)8(14)4-5-12/h1-3,8,14H,4-5,12H2. The molecule has 1 aromatic carbocycles. The molecule has 0 aliphatic heterocycles. The first-order valence-electron chi connectivity index (χ1n) is 4.65. The number of benzene rings is 1. The van der Waals surface area contributed by atoms with Gasteiger partial charge in [0.25, 0.3) is 0 Å². The van der Waals surface area contributed by atoms with E-state index in [0.29, 0.717) is 23.0 Å². The van der Waals surface area contributed by atoms with Crippen LogP contribution in [0.25, 0.3) is 10.2 Å². The van der Waals surface area contributed by atoms with Gasteiger partial charge in [-0.15, -0.1) is 11.3 Å². The molecule has 1 heterocycles. The lowest BCUT2D eigenvalue weighted by molar-refractivity contribution is 0.170. The van der Waals surface area contributed by atoms with Crippen molar-refractivity contribution in [3.05, 3.63) is 28.2 Å². The van der Waals surface area contributed by atoms with Crippen LogP contribution < -0.4 is 5.73 Å². The van der Waals surface area contributed by atoms with Gasteiger partial charge in [-0.25, -0.2) is 4.98 Å². The molecule has 1 unspecified atom stereocenters. The van der Waals surface area contributed by atoms with Crippen LogP contribution in [-0.2, 0) is 0 Å². The van der Waals surface area contributed by atoms with Gasteiger partial charge in [-0.3, -0.25) is 0 Å². The van der Waals surface area contributed by atoms with Gasteiger partial charge >= 0.3 is 0 Å². The summed E-state index contributed by atoms with van der Waals surface area (Å²) in [6.07, 6.45) is -0.0549. The largest absolute Gasteiger partial charge is 0.386 e. The van der Waals surface area contributed by atoms with Crippen LogP contribution in [0.1, 0.15) is 17.5 Å². The van der Waals surface area contributed by atoms with Crippen molar-refractivity contribution >= 4 is 33.2 Å². The molecule has 15 heavy (non-hydrogen) atoms. The number of nitrogens with zero attached hydrogens (tertiary/aromatic N) is 1. The molecular weight excluding hydrogens is 232 g/mol. The van der Waals surface area contributed by atoms with Crippen LogP contribution in [0.5, 0.6) is 0 Å². The predicted octanol–water partition coefficient (Wildman–Crippen LogP) is 2.33. The summed E-state index contributed by atoms with van der Waals surface area (Å²) in [4.78, 5) is 4.32. The average Bonchev–Trinajstić information content (AvgIpc) is 2.63. The highest BCUT2D eigenvalue weighted by molar-refractivity contribution is 7.19. The summed E-state index contributed by atoms with van der Waals surface area (Å²) in [5.41, 5.74) is 6.21. The van der Waals surface area contributed by atoms with Crippen molar-refractivity contribution in [3.8, 4) is 0 Å². The van der Waals surface area contributed by atoms with E-state index in [1.807, 2.05) is 18.2 Å². The topological polar surface area (TPSA) is 59.1 Å². The molecule has 5 heteroatoms. The molecule has 0 fully saturated rings. The molecule has 80 valence electrons. The smallest absolute Gasteiger partial charge is 0.123 e. The van der Waals surface area contributed by atoms with Crippen molar-refractivity contribution in [2.24, 2.45) is 5.73 Å². The number of hydrogen-bond acceptors (Lipinski definition) is 4. The van der Waals surface area contributed by atoms with Crippen molar-refractivity contribution in [1.29, 1.82) is 0 Å². The zero-order chi connectivity index (χ0) is 10.8. The Morgan fingerprint density at radius 3 is 3.00 bits per heavy atom. The SMILES string of the molecule is NCCC(O)c1nc2cccc(Cl)c2s1. The number of aliphatic hydroxyl groups excluding tert-OH is 1. The number of aromatic nitrogens is 1. The zero-order valence-electron chi connectivity index (χ0n) is 7.98. The number of thiazole rings is 1. The van der Waals surface area contributed by atoms with Crippen molar-refractivity contribution in [3.63, 3.8) is 0 Å². The molecule has 0 saturated carbocycles. The third-order valence-corrected chi connectivity index (χ3v) is 3.74. The highest BCUT2D eigenvalue weighted by Gasteiger charge is 2.13. The molecule has 2 aromatic rings. The Morgan fingerprint density at radius 1 is 1.53 bits per heavy atom. The summed E-state index contributed by atoms with van der Waals surface area (Å²) in [7, 11) is 0. The van der Waals surface area contributed by atoms with E-state index in [1.54, 1.807) is 0 Å². The van der Waals surface area contributed by atoms with Gasteiger partial charge in [0.15, 0.2) is 0 Å². The van der Waals surface area contributed by atoms with Gasteiger partial charge in [0.1, 0.15) is 11.1 Å². The lowest BCUT2D eigenvalue weighted by Gasteiger charge is -2.03. The summed E-state index contributed by atoms with van der Waals surface area (Å²) in [5, 5.41) is 11.1. The number of hydrogen-bond donors (Lipinski definition) is 2. The third kappa shape index (κ3) is 2.13. The normalized spacial score (nSPS) is 13.3. The third-order valence-electron chi connectivity index (χ3n) is 2.11. The van der Waals surface area contributed by atoms with E-state index < -0.39 is 6.10 Å². The van der Waals surface area contributed by atoms with E-state index >= 15 is 0 Å². The number of nitrogens with two attached hydrogens (primary N) is 1. The fourth-order valence-electron chi connectivity index (χ4n) is 1.36. The molecule has 0 aliphatic rings. The van der Waals surface area contributed by atoms with E-state index in [-0.39, 0.29) is 0 Å². The fourth-order valence-corrected chi connectivity index (χ4v) is 2.63. The number of fused-ring (bicyclic) bond motifs is 1. The lowest BCUT2D eigenvalue weighted by atomic mass is 10.2. The minimum atomic E-state index is -0.580. The molecule has 0 aliphatic carbocycles. The Labute approximate surface area is 96.5 Å². The second-order valence-electron chi connectivity index (χ2n) is 3.23. The van der Waals surface area contributed by atoms with Crippen molar-refractivity contribution in [1.82, 2.24) is 4.98 Å². The van der Waals surface area contributed by atoms with Crippen LogP contribution >= 0.6 is 22.9 Å². The zero-order valence-corrected chi connectivity index (χ0v) is 9.55. The van der Waals surface area contributed by atoms with E-state index in [2.05, 4.69) is 4.98 Å².